The highest BCUT2D eigenvalue weighted by molar-refractivity contribution is 5.79. The number of carboxylic acids is 1. The molecule has 1 aromatic heterocycles. The van der Waals surface area contributed by atoms with E-state index in [0.717, 1.165) is 12.8 Å². The third-order valence-corrected chi connectivity index (χ3v) is 3.90. The number of hydrogen-bond acceptors (Lipinski definition) is 5. The summed E-state index contributed by atoms with van der Waals surface area (Å²) in [5.74, 6) is -0.507. The number of carboxylic acid groups (broad SMARTS) is 1. The molecule has 0 aromatic carbocycles. The first-order chi connectivity index (χ1) is 9.34. The van der Waals surface area contributed by atoms with Crippen molar-refractivity contribution >= 4 is 17.6 Å². The van der Waals surface area contributed by atoms with E-state index in [1.165, 1.54) is 0 Å². The second-order valence-electron chi connectivity index (χ2n) is 5.22. The van der Waals surface area contributed by atoms with Gasteiger partial charge in [0.15, 0.2) is 0 Å². The molecule has 0 radical (unpaired) electrons. The van der Waals surface area contributed by atoms with E-state index in [1.54, 1.807) is 23.4 Å². The zero-order valence-electron chi connectivity index (χ0n) is 11.7. The highest BCUT2D eigenvalue weighted by Crippen LogP contribution is 2.34. The topological polar surface area (TPSA) is 102 Å². The molecule has 20 heavy (non-hydrogen) atoms. The number of nitrogens with zero attached hydrogens (tertiary/aromatic N) is 4. The van der Waals surface area contributed by atoms with Crippen molar-refractivity contribution in [3.8, 4) is 0 Å². The SMILES string of the molecule is Cc1nc([N+](=O)[O-])c(N2CCCC(C)C2C(=O)O)n1C. The Balaban J connectivity index is 2.53. The summed E-state index contributed by atoms with van der Waals surface area (Å²) in [5.41, 5.74) is 0. The number of aromatic nitrogens is 2. The summed E-state index contributed by atoms with van der Waals surface area (Å²) in [4.78, 5) is 27.6. The predicted octanol–water partition coefficient (Wildman–Crippen LogP) is 1.33. The van der Waals surface area contributed by atoms with E-state index in [9.17, 15) is 20.0 Å². The first kappa shape index (κ1) is 14.3. The van der Waals surface area contributed by atoms with Gasteiger partial charge in [0.2, 0.25) is 11.6 Å². The van der Waals surface area contributed by atoms with Gasteiger partial charge in [-0.1, -0.05) is 6.92 Å². The van der Waals surface area contributed by atoms with Gasteiger partial charge in [-0.05, 0) is 28.7 Å². The van der Waals surface area contributed by atoms with Gasteiger partial charge in [0, 0.05) is 20.5 Å². The average Bonchev–Trinajstić information content (AvgIpc) is 2.65. The zero-order valence-corrected chi connectivity index (χ0v) is 11.7. The van der Waals surface area contributed by atoms with Crippen molar-refractivity contribution in [2.24, 2.45) is 13.0 Å². The largest absolute Gasteiger partial charge is 0.480 e. The van der Waals surface area contributed by atoms with Crippen LogP contribution in [0.1, 0.15) is 25.6 Å². The summed E-state index contributed by atoms with van der Waals surface area (Å²) >= 11 is 0. The smallest absolute Gasteiger partial charge is 0.406 e. The quantitative estimate of drug-likeness (QED) is 0.662. The number of carbonyl (C=O) groups is 1. The van der Waals surface area contributed by atoms with E-state index in [-0.39, 0.29) is 17.6 Å². The van der Waals surface area contributed by atoms with Crippen molar-refractivity contribution in [1.82, 2.24) is 9.55 Å². The second-order valence-corrected chi connectivity index (χ2v) is 5.22. The van der Waals surface area contributed by atoms with Crippen molar-refractivity contribution < 1.29 is 14.8 Å². The molecule has 0 spiro atoms. The lowest BCUT2D eigenvalue weighted by atomic mass is 9.91. The lowest BCUT2D eigenvalue weighted by molar-refractivity contribution is -0.388. The number of imidazole rings is 1. The van der Waals surface area contributed by atoms with Crippen molar-refractivity contribution in [3.05, 3.63) is 15.9 Å². The van der Waals surface area contributed by atoms with Crippen molar-refractivity contribution in [1.29, 1.82) is 0 Å². The van der Waals surface area contributed by atoms with Gasteiger partial charge in [0.25, 0.3) is 0 Å². The summed E-state index contributed by atoms with van der Waals surface area (Å²) < 4.78 is 1.59. The van der Waals surface area contributed by atoms with E-state index in [4.69, 9.17) is 0 Å². The van der Waals surface area contributed by atoms with Crippen LogP contribution in [0.5, 0.6) is 0 Å². The van der Waals surface area contributed by atoms with E-state index in [1.807, 2.05) is 6.92 Å². The molecule has 2 atom stereocenters. The molecular formula is C12H18N4O4. The summed E-state index contributed by atoms with van der Waals surface area (Å²) in [6.45, 7) is 4.01. The van der Waals surface area contributed by atoms with Gasteiger partial charge in [0.05, 0.1) is 0 Å². The Kier molecular flexibility index (Phi) is 3.65. The Morgan fingerprint density at radius 2 is 2.20 bits per heavy atom. The highest BCUT2D eigenvalue weighted by Gasteiger charge is 2.40. The Morgan fingerprint density at radius 3 is 2.75 bits per heavy atom. The molecule has 110 valence electrons. The highest BCUT2D eigenvalue weighted by atomic mass is 16.6. The normalized spacial score (nSPS) is 22.9. The molecule has 2 rings (SSSR count). The van der Waals surface area contributed by atoms with Gasteiger partial charge >= 0.3 is 11.8 Å². The van der Waals surface area contributed by atoms with Crippen molar-refractivity contribution in [2.75, 3.05) is 11.4 Å². The Labute approximate surface area is 116 Å². The third-order valence-electron chi connectivity index (χ3n) is 3.90. The van der Waals surface area contributed by atoms with Crippen LogP contribution >= 0.6 is 0 Å². The predicted molar refractivity (Wildman–Crippen MR) is 71.8 cm³/mol. The van der Waals surface area contributed by atoms with Gasteiger partial charge in [-0.2, -0.15) is 0 Å². The minimum atomic E-state index is -0.953. The van der Waals surface area contributed by atoms with E-state index < -0.39 is 16.9 Å². The first-order valence-electron chi connectivity index (χ1n) is 6.51. The Bertz CT molecular complexity index is 554. The summed E-state index contributed by atoms with van der Waals surface area (Å²) in [6, 6.07) is -0.753. The molecule has 1 aliphatic rings. The van der Waals surface area contributed by atoms with Crippen LogP contribution in [0.3, 0.4) is 0 Å². The number of rotatable bonds is 3. The Hall–Kier alpha value is -2.12. The second kappa shape index (κ2) is 5.10. The summed E-state index contributed by atoms with van der Waals surface area (Å²) in [6.07, 6.45) is 1.62. The van der Waals surface area contributed by atoms with Crippen LogP contribution in [0.2, 0.25) is 0 Å². The van der Waals surface area contributed by atoms with E-state index in [2.05, 4.69) is 4.98 Å². The maximum atomic E-state index is 11.5. The number of hydrogen-bond donors (Lipinski definition) is 1. The van der Waals surface area contributed by atoms with Crippen LogP contribution in [0, 0.1) is 23.0 Å². The summed E-state index contributed by atoms with van der Waals surface area (Å²) in [7, 11) is 1.67. The Morgan fingerprint density at radius 1 is 1.55 bits per heavy atom. The van der Waals surface area contributed by atoms with E-state index >= 15 is 0 Å². The van der Waals surface area contributed by atoms with Gasteiger partial charge < -0.3 is 20.1 Å². The molecule has 1 aliphatic heterocycles. The van der Waals surface area contributed by atoms with Crippen LogP contribution in [0.4, 0.5) is 11.6 Å². The monoisotopic (exact) mass is 282 g/mol. The first-order valence-corrected chi connectivity index (χ1v) is 6.51. The molecule has 1 aromatic rings. The van der Waals surface area contributed by atoms with Crippen LogP contribution in [0.15, 0.2) is 0 Å². The molecule has 1 saturated heterocycles. The molecule has 0 aliphatic carbocycles. The molecule has 2 heterocycles. The molecule has 8 heteroatoms. The third kappa shape index (κ3) is 2.21. The van der Waals surface area contributed by atoms with Gasteiger partial charge in [0.1, 0.15) is 6.04 Å². The van der Waals surface area contributed by atoms with Gasteiger partial charge in [-0.3, -0.25) is 4.57 Å². The maximum absolute atomic E-state index is 11.5. The zero-order chi connectivity index (χ0) is 15.0. The molecule has 0 amide bonds. The number of nitro groups is 1. The molecule has 1 N–H and O–H groups in total. The number of piperidine rings is 1. The number of aliphatic carboxylic acids is 1. The van der Waals surface area contributed by atoms with Crippen LogP contribution in [-0.2, 0) is 11.8 Å². The molecule has 0 bridgehead atoms. The van der Waals surface area contributed by atoms with Crippen LogP contribution < -0.4 is 4.90 Å². The lowest BCUT2D eigenvalue weighted by Crippen LogP contribution is -2.50. The molecular weight excluding hydrogens is 264 g/mol. The molecule has 8 nitrogen and oxygen atoms in total. The lowest BCUT2D eigenvalue weighted by Gasteiger charge is -2.37. The van der Waals surface area contributed by atoms with Crippen molar-refractivity contribution in [2.45, 2.75) is 32.7 Å². The fraction of sp³-hybridized carbons (Fsp3) is 0.667. The standard InChI is InChI=1S/C12H18N4O4/c1-7-5-4-6-15(9(7)12(17)18)11-10(16(19)20)13-8(2)14(11)3/h7,9H,4-6H2,1-3H3,(H,17,18). The molecule has 0 saturated carbocycles. The van der Waals surface area contributed by atoms with E-state index in [0.29, 0.717) is 12.4 Å². The van der Waals surface area contributed by atoms with Gasteiger partial charge in [-0.25, -0.2) is 4.79 Å². The fourth-order valence-corrected chi connectivity index (χ4v) is 2.83. The molecule has 1 fully saturated rings. The van der Waals surface area contributed by atoms with Crippen LogP contribution in [0.25, 0.3) is 0 Å². The fourth-order valence-electron chi connectivity index (χ4n) is 2.83. The number of aryl methyl sites for hydroxylation is 1. The van der Waals surface area contributed by atoms with Crippen LogP contribution in [-0.4, -0.2) is 38.1 Å². The van der Waals surface area contributed by atoms with Gasteiger partial charge in [-0.15, -0.1) is 0 Å². The summed E-state index contributed by atoms with van der Waals surface area (Å²) in [5, 5.41) is 20.6. The number of anilines is 1. The van der Waals surface area contributed by atoms with Crippen molar-refractivity contribution in [3.63, 3.8) is 0 Å². The minimum Gasteiger partial charge on any atom is -0.480 e. The average molecular weight is 282 g/mol. The minimum absolute atomic E-state index is 0.0592. The molecule has 2 unspecified atom stereocenters. The maximum Gasteiger partial charge on any atom is 0.406 e.